The van der Waals surface area contributed by atoms with Crippen LogP contribution in [0.1, 0.15) is 40.0 Å². The van der Waals surface area contributed by atoms with Crippen LogP contribution in [-0.2, 0) is 0 Å². The minimum atomic E-state index is -4.55. The summed E-state index contributed by atoms with van der Waals surface area (Å²) < 4.78 is 53.2. The molecule has 2 N–H and O–H groups in total. The summed E-state index contributed by atoms with van der Waals surface area (Å²) in [6.45, 7) is 1.88. The number of halogens is 3. The molecule has 10 heteroatoms. The second kappa shape index (κ2) is 8.68. The number of alkyl halides is 3. The lowest BCUT2D eigenvalue weighted by Crippen LogP contribution is -2.36. The van der Waals surface area contributed by atoms with Gasteiger partial charge >= 0.3 is 6.18 Å². The monoisotopic (exact) mass is 460 g/mol. The highest BCUT2D eigenvalue weighted by Crippen LogP contribution is 2.45. The summed E-state index contributed by atoms with van der Waals surface area (Å²) in [7, 11) is 2.94. The van der Waals surface area contributed by atoms with Crippen LogP contribution in [-0.4, -0.2) is 36.1 Å². The summed E-state index contributed by atoms with van der Waals surface area (Å²) in [5.41, 5.74) is 2.07. The van der Waals surface area contributed by atoms with E-state index in [9.17, 15) is 18.0 Å². The van der Waals surface area contributed by atoms with Crippen LogP contribution in [0.2, 0.25) is 0 Å². The first kappa shape index (κ1) is 22.5. The fraction of sp³-hybridized carbons (Fsp3) is 0.304. The normalized spacial score (nSPS) is 17.6. The molecule has 1 amide bonds. The summed E-state index contributed by atoms with van der Waals surface area (Å²) in [6, 6.07) is 9.44. The Balaban J connectivity index is 1.70. The van der Waals surface area contributed by atoms with Crippen LogP contribution in [0, 0.1) is 6.92 Å². The van der Waals surface area contributed by atoms with E-state index < -0.39 is 24.2 Å². The van der Waals surface area contributed by atoms with Crippen molar-refractivity contribution in [3.05, 3.63) is 65.4 Å². The fourth-order valence-corrected chi connectivity index (χ4v) is 3.94. The van der Waals surface area contributed by atoms with Crippen LogP contribution >= 0.6 is 0 Å². The van der Waals surface area contributed by atoms with Gasteiger partial charge in [-0.2, -0.15) is 18.3 Å². The maximum Gasteiger partial charge on any atom is 0.410 e. The van der Waals surface area contributed by atoms with Gasteiger partial charge < -0.3 is 20.1 Å². The summed E-state index contributed by atoms with van der Waals surface area (Å²) in [6.07, 6.45) is -3.70. The smallest absolute Gasteiger partial charge is 0.410 e. The van der Waals surface area contributed by atoms with Crippen LogP contribution in [0.3, 0.4) is 0 Å². The number of amides is 1. The van der Waals surface area contributed by atoms with Crippen molar-refractivity contribution in [2.45, 2.75) is 31.6 Å². The fourth-order valence-electron chi connectivity index (χ4n) is 3.94. The highest BCUT2D eigenvalue weighted by atomic mass is 19.4. The third-order valence-corrected chi connectivity index (χ3v) is 5.57. The van der Waals surface area contributed by atoms with Crippen molar-refractivity contribution in [2.75, 3.05) is 24.9 Å². The quantitative estimate of drug-likeness (QED) is 0.553. The average Bonchev–Trinajstić information content (AvgIpc) is 3.21. The molecule has 0 fully saturated rings. The predicted molar refractivity (Wildman–Crippen MR) is 117 cm³/mol. The Morgan fingerprint density at radius 2 is 1.91 bits per heavy atom. The molecular formula is C23H23F3N4O3. The molecule has 1 aliphatic heterocycles. The highest BCUT2D eigenvalue weighted by Gasteiger charge is 2.47. The van der Waals surface area contributed by atoms with Crippen molar-refractivity contribution >= 4 is 17.4 Å². The number of nitrogens with one attached hydrogen (secondary N) is 2. The number of ether oxygens (including phenoxy) is 2. The number of nitrogens with zero attached hydrogens (tertiary/aromatic N) is 2. The van der Waals surface area contributed by atoms with Crippen molar-refractivity contribution < 1.29 is 27.4 Å². The Kier molecular flexibility index (Phi) is 5.92. The van der Waals surface area contributed by atoms with E-state index in [-0.39, 0.29) is 17.8 Å². The van der Waals surface area contributed by atoms with Crippen molar-refractivity contribution in [1.29, 1.82) is 0 Å². The number of carbonyl (C=O) groups excluding carboxylic acids is 1. The van der Waals surface area contributed by atoms with Crippen LogP contribution in [0.25, 0.3) is 0 Å². The third-order valence-electron chi connectivity index (χ3n) is 5.57. The molecule has 0 saturated heterocycles. The first-order valence-corrected chi connectivity index (χ1v) is 10.2. The van der Waals surface area contributed by atoms with Gasteiger partial charge in [0, 0.05) is 12.1 Å². The van der Waals surface area contributed by atoms with Crippen LogP contribution in [0.15, 0.2) is 48.7 Å². The highest BCUT2D eigenvalue weighted by molar-refractivity contribution is 6.07. The lowest BCUT2D eigenvalue weighted by Gasteiger charge is -2.34. The zero-order valence-corrected chi connectivity index (χ0v) is 18.2. The second-order valence-corrected chi connectivity index (χ2v) is 7.78. The number of hydrogen-bond donors (Lipinski definition) is 2. The van der Waals surface area contributed by atoms with Gasteiger partial charge in [-0.1, -0.05) is 18.2 Å². The molecule has 2 atom stereocenters. The average molecular weight is 460 g/mol. The molecule has 2 aromatic carbocycles. The molecule has 0 radical (unpaired) electrons. The molecule has 33 heavy (non-hydrogen) atoms. The number of anilines is 2. The number of hydrogen-bond acceptors (Lipinski definition) is 5. The number of carbonyl (C=O) groups is 1. The molecule has 0 bridgehead atoms. The van der Waals surface area contributed by atoms with Gasteiger partial charge in [0.1, 0.15) is 11.4 Å². The maximum absolute atomic E-state index is 13.9. The van der Waals surface area contributed by atoms with E-state index in [1.807, 2.05) is 13.0 Å². The third kappa shape index (κ3) is 4.46. The Labute approximate surface area is 188 Å². The number of aryl methyl sites for hydroxylation is 1. The number of rotatable bonds is 5. The molecular weight excluding hydrogens is 437 g/mol. The summed E-state index contributed by atoms with van der Waals surface area (Å²) in [5.74, 6) is 0.321. The van der Waals surface area contributed by atoms with Crippen LogP contribution < -0.4 is 20.1 Å². The van der Waals surface area contributed by atoms with Crippen molar-refractivity contribution in [1.82, 2.24) is 9.78 Å². The van der Waals surface area contributed by atoms with Gasteiger partial charge in [-0.15, -0.1) is 0 Å². The second-order valence-electron chi connectivity index (χ2n) is 7.78. The lowest BCUT2D eigenvalue weighted by molar-refractivity contribution is -0.173. The predicted octanol–water partition coefficient (Wildman–Crippen LogP) is 5.12. The summed E-state index contributed by atoms with van der Waals surface area (Å²) in [4.78, 5) is 12.9. The Hall–Kier alpha value is -3.69. The molecule has 1 aliphatic rings. The van der Waals surface area contributed by atoms with E-state index in [2.05, 4.69) is 15.7 Å². The van der Waals surface area contributed by atoms with E-state index in [1.54, 1.807) is 36.4 Å². The zero-order chi connectivity index (χ0) is 23.8. The van der Waals surface area contributed by atoms with Gasteiger partial charge in [0.25, 0.3) is 5.91 Å². The SMILES string of the molecule is COc1ccc([C@H]2C[C@H](C(F)(F)F)n3ncc(C(=O)Nc4cccc(C)c4)c3N2)cc1OC. The van der Waals surface area contributed by atoms with E-state index in [0.717, 1.165) is 16.4 Å². The van der Waals surface area contributed by atoms with Gasteiger partial charge in [-0.05, 0) is 42.3 Å². The van der Waals surface area contributed by atoms with Crippen molar-refractivity contribution in [2.24, 2.45) is 0 Å². The minimum Gasteiger partial charge on any atom is -0.493 e. The Morgan fingerprint density at radius 3 is 2.58 bits per heavy atom. The summed E-state index contributed by atoms with van der Waals surface area (Å²) in [5, 5.41) is 9.70. The molecule has 7 nitrogen and oxygen atoms in total. The zero-order valence-electron chi connectivity index (χ0n) is 18.2. The molecule has 0 saturated carbocycles. The maximum atomic E-state index is 13.9. The number of fused-ring (bicyclic) bond motifs is 1. The Morgan fingerprint density at radius 1 is 1.15 bits per heavy atom. The first-order valence-electron chi connectivity index (χ1n) is 10.2. The van der Waals surface area contributed by atoms with Gasteiger partial charge in [0.15, 0.2) is 17.5 Å². The van der Waals surface area contributed by atoms with E-state index in [1.165, 1.54) is 14.2 Å². The van der Waals surface area contributed by atoms with Crippen LogP contribution in [0.4, 0.5) is 24.7 Å². The first-order chi connectivity index (χ1) is 15.7. The van der Waals surface area contributed by atoms with Gasteiger partial charge in [0.2, 0.25) is 0 Å². The molecule has 2 heterocycles. The minimum absolute atomic E-state index is 0.00788. The Bertz CT molecular complexity index is 1180. The molecule has 3 aromatic rings. The van der Waals surface area contributed by atoms with Crippen LogP contribution in [0.5, 0.6) is 11.5 Å². The lowest BCUT2D eigenvalue weighted by atomic mass is 9.96. The molecule has 0 unspecified atom stereocenters. The molecule has 0 aliphatic carbocycles. The number of benzene rings is 2. The van der Waals surface area contributed by atoms with E-state index in [4.69, 9.17) is 9.47 Å². The standard InChI is InChI=1S/C23H23F3N4O3/c1-13-5-4-6-15(9-13)28-22(31)16-12-27-30-20(23(24,25)26)11-17(29-21(16)30)14-7-8-18(32-2)19(10-14)33-3/h4-10,12,17,20,29H,11H2,1-3H3,(H,28,31)/t17-,20-/m1/s1. The van der Waals surface area contributed by atoms with E-state index in [0.29, 0.717) is 22.7 Å². The molecule has 174 valence electrons. The number of methoxy groups -OCH3 is 2. The number of aromatic nitrogens is 2. The summed E-state index contributed by atoms with van der Waals surface area (Å²) >= 11 is 0. The van der Waals surface area contributed by atoms with Gasteiger partial charge in [-0.25, -0.2) is 4.68 Å². The van der Waals surface area contributed by atoms with Gasteiger partial charge in [0.05, 0.1) is 26.5 Å². The molecule has 1 aromatic heterocycles. The van der Waals surface area contributed by atoms with Crippen molar-refractivity contribution in [3.63, 3.8) is 0 Å². The topological polar surface area (TPSA) is 77.4 Å². The molecule has 4 rings (SSSR count). The van der Waals surface area contributed by atoms with Crippen molar-refractivity contribution in [3.8, 4) is 11.5 Å². The van der Waals surface area contributed by atoms with Gasteiger partial charge in [-0.3, -0.25) is 4.79 Å². The van der Waals surface area contributed by atoms with E-state index >= 15 is 0 Å². The molecule has 0 spiro atoms. The largest absolute Gasteiger partial charge is 0.493 e.